The first-order valence-electron chi connectivity index (χ1n) is 14.0. The predicted octanol–water partition coefficient (Wildman–Crippen LogP) is 9.64. The lowest BCUT2D eigenvalue weighted by Crippen LogP contribution is -2.30. The van der Waals surface area contributed by atoms with Crippen LogP contribution in [0.4, 0.5) is 11.4 Å². The van der Waals surface area contributed by atoms with Crippen LogP contribution in [0.5, 0.6) is 0 Å². The van der Waals surface area contributed by atoms with Crippen LogP contribution in [0.1, 0.15) is 26.7 Å². The molecule has 0 heterocycles. The molecule has 0 aromatic heterocycles. The smallest absolute Gasteiger partial charge is 0.272 e. The molecular formula is C36H26BrCl2N3O3S. The van der Waals surface area contributed by atoms with Crippen LogP contribution in [0.25, 0.3) is 6.08 Å². The Bertz CT molecular complexity index is 1890. The zero-order valence-electron chi connectivity index (χ0n) is 24.0. The molecule has 230 valence electrons. The fourth-order valence-electron chi connectivity index (χ4n) is 4.35. The highest BCUT2D eigenvalue weighted by Crippen LogP contribution is 2.37. The number of hydrogen-bond donors (Lipinski definition) is 3. The number of rotatable bonds is 10. The lowest BCUT2D eigenvalue weighted by Gasteiger charge is -2.18. The molecule has 0 radical (unpaired) electrons. The number of carbonyl (C=O) groups excluding carboxylic acids is 3. The summed E-state index contributed by atoms with van der Waals surface area (Å²) in [5.74, 6) is -1.16. The lowest BCUT2D eigenvalue weighted by molar-refractivity contribution is -0.116. The Morgan fingerprint density at radius 1 is 0.739 bits per heavy atom. The zero-order chi connectivity index (χ0) is 32.5. The molecular weight excluding hydrogens is 705 g/mol. The van der Waals surface area contributed by atoms with E-state index >= 15 is 0 Å². The van der Waals surface area contributed by atoms with Crippen LogP contribution < -0.4 is 16.0 Å². The molecule has 46 heavy (non-hydrogen) atoms. The summed E-state index contributed by atoms with van der Waals surface area (Å²) in [4.78, 5) is 40.7. The molecule has 5 aromatic rings. The first-order valence-corrected chi connectivity index (χ1v) is 16.4. The molecule has 0 spiro atoms. The molecule has 3 N–H and O–H groups in total. The number of benzene rings is 5. The van der Waals surface area contributed by atoms with Crippen molar-refractivity contribution < 1.29 is 14.4 Å². The molecule has 5 rings (SSSR count). The molecule has 10 heteroatoms. The summed E-state index contributed by atoms with van der Waals surface area (Å²) in [6.45, 7) is 0. The van der Waals surface area contributed by atoms with Gasteiger partial charge < -0.3 is 16.0 Å². The maximum absolute atomic E-state index is 13.5. The summed E-state index contributed by atoms with van der Waals surface area (Å²) >= 11 is 17.1. The Balaban J connectivity index is 1.33. The van der Waals surface area contributed by atoms with Crippen molar-refractivity contribution >= 4 is 86.1 Å². The number of amides is 3. The molecule has 3 amide bonds. The van der Waals surface area contributed by atoms with E-state index in [0.29, 0.717) is 27.0 Å². The standard InChI is InChI=1S/C36H26BrCl2N3O3S/c37-26-13-7-8-23(20-26)21-32(42-34(43)25-11-5-2-6-12-25)35(44)40-28-15-17-29(18-16-28)46-33(24-9-3-1-4-10-24)36(45)41-31-19-14-27(38)22-30(31)39/h1-22,33H,(H,40,44)(H,41,45)(H,42,43)/b32-21-. The van der Waals surface area contributed by atoms with Crippen LogP contribution in [0, 0.1) is 0 Å². The summed E-state index contributed by atoms with van der Waals surface area (Å²) in [6, 6.07) is 37.5. The molecule has 0 saturated heterocycles. The molecule has 6 nitrogen and oxygen atoms in total. The van der Waals surface area contributed by atoms with Crippen LogP contribution in [-0.4, -0.2) is 17.7 Å². The van der Waals surface area contributed by atoms with Crippen molar-refractivity contribution in [2.75, 3.05) is 10.6 Å². The summed E-state index contributed by atoms with van der Waals surface area (Å²) in [6.07, 6.45) is 1.61. The fourth-order valence-corrected chi connectivity index (χ4v) is 6.24. The van der Waals surface area contributed by atoms with Gasteiger partial charge in [-0.15, -0.1) is 11.8 Å². The topological polar surface area (TPSA) is 87.3 Å². The fraction of sp³-hybridized carbons (Fsp3) is 0.0278. The SMILES string of the molecule is O=C(Nc1ccc(SC(C(=O)Nc2ccc(Cl)cc2Cl)c2ccccc2)cc1)/C(=C/c1cccc(Br)c1)NC(=O)c1ccccc1. The highest BCUT2D eigenvalue weighted by Gasteiger charge is 2.23. The van der Waals surface area contributed by atoms with E-state index in [1.807, 2.05) is 72.8 Å². The van der Waals surface area contributed by atoms with Gasteiger partial charge in [0, 0.05) is 25.6 Å². The van der Waals surface area contributed by atoms with Crippen LogP contribution in [0.3, 0.4) is 0 Å². The van der Waals surface area contributed by atoms with Gasteiger partial charge in [-0.05, 0) is 83.9 Å². The first-order chi connectivity index (χ1) is 22.2. The van der Waals surface area contributed by atoms with E-state index in [2.05, 4.69) is 31.9 Å². The molecule has 0 aliphatic heterocycles. The Kier molecular flexibility index (Phi) is 11.3. The van der Waals surface area contributed by atoms with E-state index in [-0.39, 0.29) is 11.6 Å². The van der Waals surface area contributed by atoms with Gasteiger partial charge in [0.15, 0.2) is 0 Å². The van der Waals surface area contributed by atoms with Crippen LogP contribution in [-0.2, 0) is 9.59 Å². The molecule has 0 fully saturated rings. The second kappa shape index (κ2) is 15.8. The van der Waals surface area contributed by atoms with Crippen molar-refractivity contribution in [2.24, 2.45) is 0 Å². The quantitative estimate of drug-likeness (QED) is 0.0987. The number of hydrogen-bond acceptors (Lipinski definition) is 4. The van der Waals surface area contributed by atoms with Gasteiger partial charge in [-0.3, -0.25) is 14.4 Å². The number of anilines is 2. The molecule has 1 atom stereocenters. The van der Waals surface area contributed by atoms with Crippen molar-refractivity contribution in [3.8, 4) is 0 Å². The van der Waals surface area contributed by atoms with Crippen molar-refractivity contribution in [1.82, 2.24) is 5.32 Å². The van der Waals surface area contributed by atoms with Gasteiger partial charge in [-0.2, -0.15) is 0 Å². The van der Waals surface area contributed by atoms with E-state index in [9.17, 15) is 14.4 Å². The zero-order valence-corrected chi connectivity index (χ0v) is 28.0. The largest absolute Gasteiger partial charge is 0.323 e. The summed E-state index contributed by atoms with van der Waals surface area (Å²) in [5.41, 5.74) is 3.01. The Hall–Kier alpha value is -4.34. The van der Waals surface area contributed by atoms with Gasteiger partial charge in [-0.25, -0.2) is 0 Å². The Labute approximate surface area is 289 Å². The molecule has 0 aliphatic carbocycles. The molecule has 0 saturated carbocycles. The molecule has 5 aromatic carbocycles. The van der Waals surface area contributed by atoms with E-state index in [1.54, 1.807) is 60.7 Å². The predicted molar refractivity (Wildman–Crippen MR) is 191 cm³/mol. The number of nitrogens with one attached hydrogen (secondary N) is 3. The van der Waals surface area contributed by atoms with Gasteiger partial charge in [0.25, 0.3) is 11.8 Å². The van der Waals surface area contributed by atoms with Crippen molar-refractivity contribution in [3.05, 3.63) is 164 Å². The number of thioether (sulfide) groups is 1. The highest BCUT2D eigenvalue weighted by atomic mass is 79.9. The highest BCUT2D eigenvalue weighted by molar-refractivity contribution is 9.10. The van der Waals surface area contributed by atoms with E-state index in [4.69, 9.17) is 23.2 Å². The van der Waals surface area contributed by atoms with Crippen molar-refractivity contribution in [2.45, 2.75) is 10.1 Å². The van der Waals surface area contributed by atoms with Gasteiger partial charge in [-0.1, -0.05) is 99.8 Å². The molecule has 0 bridgehead atoms. The third kappa shape index (κ3) is 9.11. The van der Waals surface area contributed by atoms with E-state index in [0.717, 1.165) is 20.5 Å². The van der Waals surface area contributed by atoms with Crippen molar-refractivity contribution in [1.29, 1.82) is 0 Å². The number of halogens is 3. The van der Waals surface area contributed by atoms with Crippen molar-refractivity contribution in [3.63, 3.8) is 0 Å². The van der Waals surface area contributed by atoms with E-state index < -0.39 is 17.1 Å². The summed E-state index contributed by atoms with van der Waals surface area (Å²) in [5, 5.41) is 8.73. The normalized spacial score (nSPS) is 11.8. The van der Waals surface area contributed by atoms with Gasteiger partial charge in [0.05, 0.1) is 10.7 Å². The minimum absolute atomic E-state index is 0.0760. The lowest BCUT2D eigenvalue weighted by atomic mass is 10.1. The van der Waals surface area contributed by atoms with Gasteiger partial charge in [0.2, 0.25) is 5.91 Å². The Morgan fingerprint density at radius 2 is 1.43 bits per heavy atom. The third-order valence-corrected chi connectivity index (χ3v) is 8.89. The first kappa shape index (κ1) is 33.0. The minimum atomic E-state index is -0.596. The second-order valence-corrected chi connectivity index (χ2v) is 12.9. The number of carbonyl (C=O) groups is 3. The molecule has 0 aliphatic rings. The Morgan fingerprint density at radius 3 is 2.11 bits per heavy atom. The second-order valence-electron chi connectivity index (χ2n) is 9.93. The van der Waals surface area contributed by atoms with Crippen LogP contribution in [0.2, 0.25) is 10.0 Å². The third-order valence-electron chi connectivity index (χ3n) is 6.58. The van der Waals surface area contributed by atoms with Gasteiger partial charge >= 0.3 is 0 Å². The summed E-state index contributed by atoms with van der Waals surface area (Å²) in [7, 11) is 0. The monoisotopic (exact) mass is 729 g/mol. The maximum atomic E-state index is 13.5. The van der Waals surface area contributed by atoms with Crippen LogP contribution in [0.15, 0.2) is 142 Å². The average Bonchev–Trinajstić information content (AvgIpc) is 3.06. The molecule has 1 unspecified atom stereocenters. The van der Waals surface area contributed by atoms with Gasteiger partial charge in [0.1, 0.15) is 10.9 Å². The average molecular weight is 731 g/mol. The summed E-state index contributed by atoms with van der Waals surface area (Å²) < 4.78 is 0.835. The maximum Gasteiger partial charge on any atom is 0.272 e. The van der Waals surface area contributed by atoms with E-state index in [1.165, 1.54) is 11.8 Å². The minimum Gasteiger partial charge on any atom is -0.323 e. The van der Waals surface area contributed by atoms with Crippen LogP contribution >= 0.6 is 50.9 Å².